The molecule has 0 radical (unpaired) electrons. The fraction of sp³-hybridized carbons (Fsp3) is 0.318. The molecule has 1 unspecified atom stereocenters. The van der Waals surface area contributed by atoms with E-state index in [9.17, 15) is 18.0 Å². The summed E-state index contributed by atoms with van der Waals surface area (Å²) in [6, 6.07) is 6.74. The van der Waals surface area contributed by atoms with Crippen LogP contribution in [0, 0.1) is 6.92 Å². The quantitative estimate of drug-likeness (QED) is 0.594. The van der Waals surface area contributed by atoms with Crippen molar-refractivity contribution in [3.05, 3.63) is 52.8 Å². The molecule has 6 nitrogen and oxygen atoms in total. The first-order chi connectivity index (χ1) is 14.5. The van der Waals surface area contributed by atoms with Crippen molar-refractivity contribution < 1.29 is 18.0 Å². The molecule has 0 fully saturated rings. The Morgan fingerprint density at radius 2 is 1.97 bits per heavy atom. The smallest absolute Gasteiger partial charge is 0.399 e. The number of nitrogen functional groups attached to an aromatic ring is 1. The summed E-state index contributed by atoms with van der Waals surface area (Å²) in [5.41, 5.74) is 7.85. The SMILES string of the molecule is CC(=O)N1CCc2c1ccc1nc(C)nc(NC(C)c3cc(N)cc(C(F)(F)F)c3)c21. The number of hydrogen-bond donors (Lipinski definition) is 2. The monoisotopic (exact) mass is 429 g/mol. The number of nitrogens with two attached hydrogens (primary N) is 1. The van der Waals surface area contributed by atoms with Crippen molar-refractivity contribution in [2.75, 3.05) is 22.5 Å². The number of fused-ring (bicyclic) bond motifs is 3. The first-order valence-corrected chi connectivity index (χ1v) is 9.87. The highest BCUT2D eigenvalue weighted by Gasteiger charge is 2.32. The van der Waals surface area contributed by atoms with Crippen molar-refractivity contribution in [1.82, 2.24) is 9.97 Å². The third kappa shape index (κ3) is 3.87. The van der Waals surface area contributed by atoms with Crippen LogP contribution < -0.4 is 16.0 Å². The molecule has 0 saturated heterocycles. The van der Waals surface area contributed by atoms with Crippen LogP contribution in [0.25, 0.3) is 10.9 Å². The van der Waals surface area contributed by atoms with E-state index in [-0.39, 0.29) is 11.6 Å². The van der Waals surface area contributed by atoms with Crippen LogP contribution in [0.4, 0.5) is 30.4 Å². The highest BCUT2D eigenvalue weighted by molar-refractivity contribution is 6.02. The van der Waals surface area contributed by atoms with E-state index in [1.165, 1.54) is 13.0 Å². The highest BCUT2D eigenvalue weighted by atomic mass is 19.4. The summed E-state index contributed by atoms with van der Waals surface area (Å²) in [5.74, 6) is 1.01. The number of alkyl halides is 3. The number of rotatable bonds is 3. The maximum Gasteiger partial charge on any atom is 0.416 e. The lowest BCUT2D eigenvalue weighted by atomic mass is 10.0. The molecule has 162 valence electrons. The van der Waals surface area contributed by atoms with Crippen LogP contribution in [-0.4, -0.2) is 22.4 Å². The van der Waals surface area contributed by atoms with Gasteiger partial charge in [-0.05, 0) is 61.7 Å². The number of benzene rings is 2. The molecule has 1 atom stereocenters. The summed E-state index contributed by atoms with van der Waals surface area (Å²) in [6.45, 7) is 5.59. The van der Waals surface area contributed by atoms with Gasteiger partial charge in [-0.2, -0.15) is 13.2 Å². The third-order valence-corrected chi connectivity index (χ3v) is 5.47. The Kier molecular flexibility index (Phi) is 4.99. The van der Waals surface area contributed by atoms with E-state index >= 15 is 0 Å². The van der Waals surface area contributed by atoms with E-state index in [4.69, 9.17) is 5.73 Å². The number of anilines is 3. The summed E-state index contributed by atoms with van der Waals surface area (Å²) in [4.78, 5) is 22.7. The number of nitrogens with one attached hydrogen (secondary N) is 1. The van der Waals surface area contributed by atoms with Gasteiger partial charge >= 0.3 is 6.18 Å². The standard InChI is InChI=1S/C22H22F3N5O/c1-11(14-8-15(22(23,24)25)10-16(26)9-14)27-21-20-17-6-7-30(13(3)31)19(17)5-4-18(20)28-12(2)29-21/h4-5,8-11H,6-7,26H2,1-3H3,(H,27,28,29). The van der Waals surface area contributed by atoms with E-state index in [1.807, 2.05) is 12.1 Å². The number of hydrogen-bond acceptors (Lipinski definition) is 5. The van der Waals surface area contributed by atoms with E-state index in [0.29, 0.717) is 30.2 Å². The lowest BCUT2D eigenvalue weighted by Gasteiger charge is -2.20. The van der Waals surface area contributed by atoms with E-state index in [1.54, 1.807) is 18.7 Å². The van der Waals surface area contributed by atoms with Gasteiger partial charge in [0.1, 0.15) is 11.6 Å². The number of aromatic nitrogens is 2. The van der Waals surface area contributed by atoms with Gasteiger partial charge in [-0.1, -0.05) is 0 Å². The normalized spacial score (nSPS) is 14.6. The molecule has 1 aliphatic rings. The number of carbonyl (C=O) groups is 1. The molecule has 0 bridgehead atoms. The summed E-state index contributed by atoms with van der Waals surface area (Å²) >= 11 is 0. The summed E-state index contributed by atoms with van der Waals surface area (Å²) in [5, 5.41) is 4.02. The maximum atomic E-state index is 13.2. The molecule has 1 aliphatic heterocycles. The van der Waals surface area contributed by atoms with Gasteiger partial charge in [-0.3, -0.25) is 4.79 Å². The van der Waals surface area contributed by atoms with E-state index in [0.717, 1.165) is 34.3 Å². The molecular weight excluding hydrogens is 407 g/mol. The Morgan fingerprint density at radius 1 is 1.23 bits per heavy atom. The van der Waals surface area contributed by atoms with Gasteiger partial charge in [0.15, 0.2) is 0 Å². The summed E-state index contributed by atoms with van der Waals surface area (Å²) < 4.78 is 39.7. The topological polar surface area (TPSA) is 84.1 Å². The van der Waals surface area contributed by atoms with Crippen LogP contribution in [0.15, 0.2) is 30.3 Å². The van der Waals surface area contributed by atoms with Crippen molar-refractivity contribution in [2.24, 2.45) is 0 Å². The van der Waals surface area contributed by atoms with Crippen molar-refractivity contribution in [3.63, 3.8) is 0 Å². The van der Waals surface area contributed by atoms with Gasteiger partial charge in [0.05, 0.1) is 17.1 Å². The molecular formula is C22H22F3N5O. The number of amides is 1. The van der Waals surface area contributed by atoms with Gasteiger partial charge in [0.25, 0.3) is 0 Å². The average Bonchev–Trinajstić information content (AvgIpc) is 3.10. The minimum Gasteiger partial charge on any atom is -0.399 e. The minimum absolute atomic E-state index is 0.0418. The van der Waals surface area contributed by atoms with Crippen molar-refractivity contribution in [1.29, 1.82) is 0 Å². The number of carbonyl (C=O) groups excluding carboxylic acids is 1. The third-order valence-electron chi connectivity index (χ3n) is 5.47. The zero-order valence-corrected chi connectivity index (χ0v) is 17.3. The molecule has 3 aromatic rings. The second-order valence-electron chi connectivity index (χ2n) is 7.75. The molecule has 0 saturated carbocycles. The molecule has 31 heavy (non-hydrogen) atoms. The predicted octanol–water partition coefficient (Wildman–Crippen LogP) is 4.62. The molecule has 4 rings (SSSR count). The molecule has 2 aromatic carbocycles. The lowest BCUT2D eigenvalue weighted by molar-refractivity contribution is -0.137. The largest absolute Gasteiger partial charge is 0.416 e. The minimum atomic E-state index is -4.49. The molecule has 2 heterocycles. The Labute approximate surface area is 177 Å². The fourth-order valence-corrected chi connectivity index (χ4v) is 4.06. The fourth-order valence-electron chi connectivity index (χ4n) is 4.06. The average molecular weight is 429 g/mol. The first kappa shape index (κ1) is 20.9. The molecule has 3 N–H and O–H groups in total. The summed E-state index contributed by atoms with van der Waals surface area (Å²) in [7, 11) is 0. The van der Waals surface area contributed by atoms with Crippen molar-refractivity contribution in [3.8, 4) is 0 Å². The van der Waals surface area contributed by atoms with Crippen LogP contribution in [-0.2, 0) is 17.4 Å². The van der Waals surface area contributed by atoms with Gasteiger partial charge in [-0.25, -0.2) is 9.97 Å². The Balaban J connectivity index is 1.79. The van der Waals surface area contributed by atoms with Gasteiger partial charge in [0, 0.05) is 30.2 Å². The number of aryl methyl sites for hydroxylation is 1. The molecule has 1 aromatic heterocycles. The van der Waals surface area contributed by atoms with E-state index < -0.39 is 17.8 Å². The number of nitrogens with zero attached hydrogens (tertiary/aromatic N) is 3. The van der Waals surface area contributed by atoms with Gasteiger partial charge < -0.3 is 16.0 Å². The van der Waals surface area contributed by atoms with E-state index in [2.05, 4.69) is 15.3 Å². The molecule has 0 aliphatic carbocycles. The van der Waals surface area contributed by atoms with Crippen LogP contribution >= 0.6 is 0 Å². The number of halogens is 3. The second kappa shape index (κ2) is 7.40. The maximum absolute atomic E-state index is 13.2. The van der Waals surface area contributed by atoms with Crippen LogP contribution in [0.1, 0.15) is 42.4 Å². The zero-order chi connectivity index (χ0) is 22.5. The highest BCUT2D eigenvalue weighted by Crippen LogP contribution is 2.38. The summed E-state index contributed by atoms with van der Waals surface area (Å²) in [6.07, 6.45) is -3.84. The molecule has 9 heteroatoms. The predicted molar refractivity (Wildman–Crippen MR) is 114 cm³/mol. The first-order valence-electron chi connectivity index (χ1n) is 9.87. The van der Waals surface area contributed by atoms with Crippen molar-refractivity contribution in [2.45, 2.75) is 39.4 Å². The Hall–Kier alpha value is -3.36. The van der Waals surface area contributed by atoms with Gasteiger partial charge in [0.2, 0.25) is 5.91 Å². The molecule has 0 spiro atoms. The molecule has 1 amide bonds. The van der Waals surface area contributed by atoms with Gasteiger partial charge in [-0.15, -0.1) is 0 Å². The van der Waals surface area contributed by atoms with Crippen molar-refractivity contribution >= 4 is 34.0 Å². The second-order valence-corrected chi connectivity index (χ2v) is 7.75. The van der Waals surface area contributed by atoms with Crippen LogP contribution in [0.2, 0.25) is 0 Å². The lowest BCUT2D eigenvalue weighted by Crippen LogP contribution is -2.25. The van der Waals surface area contributed by atoms with Crippen LogP contribution in [0.3, 0.4) is 0 Å². The zero-order valence-electron chi connectivity index (χ0n) is 17.3. The Bertz CT molecular complexity index is 1190. The Morgan fingerprint density at radius 3 is 2.65 bits per heavy atom. The van der Waals surface area contributed by atoms with Crippen LogP contribution in [0.5, 0.6) is 0 Å².